The molecule has 3 atom stereocenters. The van der Waals surface area contributed by atoms with Gasteiger partial charge in [-0.2, -0.15) is 11.8 Å². The average Bonchev–Trinajstić information content (AvgIpc) is 3.31. The number of morpholine rings is 1. The van der Waals surface area contributed by atoms with Gasteiger partial charge in [-0.05, 0) is 37.5 Å². The molecular formula is C24H38N4O2S. The summed E-state index contributed by atoms with van der Waals surface area (Å²) in [6.07, 6.45) is 3.69. The van der Waals surface area contributed by atoms with E-state index in [0.717, 1.165) is 58.4 Å². The summed E-state index contributed by atoms with van der Waals surface area (Å²) < 4.78 is 11.8. The Labute approximate surface area is 191 Å². The fraction of sp³-hybridized carbons (Fsp3) is 0.708. The van der Waals surface area contributed by atoms with E-state index < -0.39 is 0 Å². The lowest BCUT2D eigenvalue weighted by molar-refractivity contribution is -0.0266. The lowest BCUT2D eigenvalue weighted by Gasteiger charge is -2.43. The molecule has 4 rings (SSSR count). The number of ether oxygens (including phenoxy) is 2. The van der Waals surface area contributed by atoms with E-state index in [-0.39, 0.29) is 11.6 Å². The van der Waals surface area contributed by atoms with E-state index in [2.05, 4.69) is 63.5 Å². The molecule has 0 bridgehead atoms. The van der Waals surface area contributed by atoms with E-state index >= 15 is 0 Å². The van der Waals surface area contributed by atoms with Crippen molar-refractivity contribution in [2.75, 3.05) is 64.6 Å². The van der Waals surface area contributed by atoms with Crippen molar-refractivity contribution in [3.63, 3.8) is 0 Å². The lowest BCUT2D eigenvalue weighted by atomic mass is 9.89. The summed E-state index contributed by atoms with van der Waals surface area (Å²) in [5, 5.41) is 7.26. The maximum Gasteiger partial charge on any atom is 0.191 e. The van der Waals surface area contributed by atoms with Crippen molar-refractivity contribution in [1.82, 2.24) is 15.5 Å². The molecule has 1 aromatic carbocycles. The fourth-order valence-electron chi connectivity index (χ4n) is 5.01. The van der Waals surface area contributed by atoms with Gasteiger partial charge in [-0.3, -0.25) is 9.89 Å². The Bertz CT molecular complexity index is 715. The van der Waals surface area contributed by atoms with Gasteiger partial charge in [-0.25, -0.2) is 0 Å². The lowest BCUT2D eigenvalue weighted by Crippen LogP contribution is -2.60. The molecule has 3 saturated heterocycles. The number of guanidine groups is 1. The van der Waals surface area contributed by atoms with Gasteiger partial charge >= 0.3 is 0 Å². The summed E-state index contributed by atoms with van der Waals surface area (Å²) >= 11 is 2.07. The first-order chi connectivity index (χ1) is 15.2. The summed E-state index contributed by atoms with van der Waals surface area (Å²) in [5.41, 5.74) is 2.79. The van der Waals surface area contributed by atoms with Crippen LogP contribution < -0.4 is 10.6 Å². The third-order valence-corrected chi connectivity index (χ3v) is 8.19. The van der Waals surface area contributed by atoms with Gasteiger partial charge in [0.05, 0.1) is 19.3 Å². The minimum atomic E-state index is 0.158. The zero-order valence-corrected chi connectivity index (χ0v) is 19.9. The van der Waals surface area contributed by atoms with Crippen molar-refractivity contribution in [1.29, 1.82) is 0 Å². The van der Waals surface area contributed by atoms with Crippen molar-refractivity contribution in [2.24, 2.45) is 10.9 Å². The van der Waals surface area contributed by atoms with E-state index in [9.17, 15) is 0 Å². The highest BCUT2D eigenvalue weighted by molar-refractivity contribution is 7.99. The maximum absolute atomic E-state index is 6.20. The Morgan fingerprint density at radius 2 is 2.00 bits per heavy atom. The minimum Gasteiger partial charge on any atom is -0.379 e. The Kier molecular flexibility index (Phi) is 8.15. The van der Waals surface area contributed by atoms with Gasteiger partial charge < -0.3 is 20.1 Å². The van der Waals surface area contributed by atoms with Crippen LogP contribution in [0.1, 0.15) is 36.5 Å². The molecule has 6 nitrogen and oxygen atoms in total. The van der Waals surface area contributed by atoms with Crippen molar-refractivity contribution in [3.05, 3.63) is 35.4 Å². The zero-order chi connectivity index (χ0) is 21.5. The van der Waals surface area contributed by atoms with Crippen LogP contribution in [0.4, 0.5) is 0 Å². The normalized spacial score (nSPS) is 30.3. The predicted molar refractivity (Wildman–Crippen MR) is 129 cm³/mol. The number of hydrogen-bond acceptors (Lipinski definition) is 5. The molecular weight excluding hydrogens is 408 g/mol. The fourth-order valence-corrected chi connectivity index (χ4v) is 6.49. The van der Waals surface area contributed by atoms with Crippen LogP contribution in [0.3, 0.4) is 0 Å². The number of benzene rings is 1. The molecule has 31 heavy (non-hydrogen) atoms. The number of thioether (sulfide) groups is 1. The van der Waals surface area contributed by atoms with Crippen LogP contribution in [-0.2, 0) is 9.47 Å². The van der Waals surface area contributed by atoms with Crippen LogP contribution in [-0.4, -0.2) is 81.0 Å². The highest BCUT2D eigenvalue weighted by Gasteiger charge is 2.40. The second kappa shape index (κ2) is 11.0. The zero-order valence-electron chi connectivity index (χ0n) is 19.1. The number of nitrogens with one attached hydrogen (secondary N) is 2. The van der Waals surface area contributed by atoms with Crippen LogP contribution in [0.5, 0.6) is 0 Å². The molecule has 7 heteroatoms. The SMILES string of the molecule is CN=C(NCC1CCCOC1c1ccc(C)cc1)NCC1(N2CCOCC2)CCSC1. The molecule has 3 fully saturated rings. The minimum absolute atomic E-state index is 0.158. The van der Waals surface area contributed by atoms with Gasteiger partial charge in [0.25, 0.3) is 0 Å². The molecule has 0 aromatic heterocycles. The van der Waals surface area contributed by atoms with E-state index in [4.69, 9.17) is 9.47 Å². The van der Waals surface area contributed by atoms with Gasteiger partial charge in [0.2, 0.25) is 0 Å². The Balaban J connectivity index is 1.33. The monoisotopic (exact) mass is 446 g/mol. The number of nitrogens with zero attached hydrogens (tertiary/aromatic N) is 2. The number of aliphatic imine (C=N–C) groups is 1. The second-order valence-corrected chi connectivity index (χ2v) is 10.1. The molecule has 2 N–H and O–H groups in total. The van der Waals surface area contributed by atoms with Crippen LogP contribution in [0.2, 0.25) is 0 Å². The summed E-state index contributed by atoms with van der Waals surface area (Å²) in [6.45, 7) is 8.55. The number of rotatable bonds is 6. The maximum atomic E-state index is 6.20. The van der Waals surface area contributed by atoms with Crippen LogP contribution in [0.25, 0.3) is 0 Å². The summed E-state index contributed by atoms with van der Waals surface area (Å²) in [5.74, 6) is 3.77. The van der Waals surface area contributed by atoms with E-state index in [1.54, 1.807) is 0 Å². The van der Waals surface area contributed by atoms with Crippen molar-refractivity contribution in [3.8, 4) is 0 Å². The molecule has 0 radical (unpaired) electrons. The van der Waals surface area contributed by atoms with Gasteiger partial charge in [0.15, 0.2) is 5.96 Å². The van der Waals surface area contributed by atoms with Crippen LogP contribution in [0, 0.1) is 12.8 Å². The van der Waals surface area contributed by atoms with E-state index in [1.165, 1.54) is 35.5 Å². The smallest absolute Gasteiger partial charge is 0.191 e. The number of aryl methyl sites for hydroxylation is 1. The largest absolute Gasteiger partial charge is 0.379 e. The third-order valence-electron chi connectivity index (χ3n) is 6.96. The van der Waals surface area contributed by atoms with Gasteiger partial charge in [-0.1, -0.05) is 29.8 Å². The second-order valence-electron chi connectivity index (χ2n) is 9.04. The first-order valence-electron chi connectivity index (χ1n) is 11.7. The molecule has 0 amide bonds. The summed E-state index contributed by atoms with van der Waals surface area (Å²) in [7, 11) is 1.87. The summed E-state index contributed by atoms with van der Waals surface area (Å²) in [4.78, 5) is 7.16. The van der Waals surface area contributed by atoms with E-state index in [1.807, 2.05) is 7.05 Å². The molecule has 3 aliphatic heterocycles. The van der Waals surface area contributed by atoms with Crippen LogP contribution in [0.15, 0.2) is 29.3 Å². The van der Waals surface area contributed by atoms with Crippen LogP contribution >= 0.6 is 11.8 Å². The molecule has 0 aliphatic carbocycles. The highest BCUT2D eigenvalue weighted by atomic mass is 32.2. The van der Waals surface area contributed by atoms with E-state index in [0.29, 0.717) is 5.92 Å². The average molecular weight is 447 g/mol. The van der Waals surface area contributed by atoms with Crippen molar-refractivity contribution < 1.29 is 9.47 Å². The Morgan fingerprint density at radius 1 is 1.19 bits per heavy atom. The molecule has 3 aliphatic rings. The first-order valence-corrected chi connectivity index (χ1v) is 12.9. The summed E-state index contributed by atoms with van der Waals surface area (Å²) in [6, 6.07) is 8.80. The molecule has 3 unspecified atom stereocenters. The molecule has 1 aromatic rings. The topological polar surface area (TPSA) is 58.1 Å². The molecule has 0 spiro atoms. The number of hydrogen-bond donors (Lipinski definition) is 2. The molecule has 0 saturated carbocycles. The Morgan fingerprint density at radius 3 is 2.71 bits per heavy atom. The molecule has 3 heterocycles. The third kappa shape index (κ3) is 5.75. The van der Waals surface area contributed by atoms with Gasteiger partial charge in [0.1, 0.15) is 0 Å². The van der Waals surface area contributed by atoms with Gasteiger partial charge in [0, 0.05) is 57.0 Å². The standard InChI is InChI=1S/C24H38N4O2S/c1-19-5-7-20(8-6-19)22-21(4-3-12-30-22)16-26-23(25-2)27-17-24(9-15-31-18-24)28-10-13-29-14-11-28/h5-8,21-22H,3-4,9-18H2,1-2H3,(H2,25,26,27). The molecule has 172 valence electrons. The quantitative estimate of drug-likeness (QED) is 0.518. The Hall–Kier alpha value is -1.28. The van der Waals surface area contributed by atoms with Gasteiger partial charge in [-0.15, -0.1) is 0 Å². The highest BCUT2D eigenvalue weighted by Crippen LogP contribution is 2.34. The van der Waals surface area contributed by atoms with Crippen molar-refractivity contribution >= 4 is 17.7 Å². The predicted octanol–water partition coefficient (Wildman–Crippen LogP) is 2.84. The van der Waals surface area contributed by atoms with Crippen molar-refractivity contribution in [2.45, 2.75) is 37.8 Å². The first kappa shape index (κ1) is 22.9.